The molecule has 0 radical (unpaired) electrons. The van der Waals surface area contributed by atoms with Crippen LogP contribution in [0.3, 0.4) is 0 Å². The molecular weight excluding hydrogens is 84.0 g/mol. The maximum absolute atomic E-state index is 9.12. The Morgan fingerprint density at radius 2 is 2.00 bits per heavy atom. The van der Waals surface area contributed by atoms with E-state index in [9.17, 15) is 0 Å². The Morgan fingerprint density at radius 1 is 1.83 bits per heavy atom. The monoisotopic (exact) mass is 90.0 g/mol. The third kappa shape index (κ3) is 11.3. The van der Waals surface area contributed by atoms with Crippen LogP contribution in [-0.4, -0.2) is 17.3 Å². The SMILES string of the molecule is N.N=CC(=O)O. The van der Waals surface area contributed by atoms with Crippen molar-refractivity contribution in [2.45, 2.75) is 0 Å². The molecule has 0 rings (SSSR count). The summed E-state index contributed by atoms with van der Waals surface area (Å²) in [5.41, 5.74) is 0. The van der Waals surface area contributed by atoms with Crippen LogP contribution in [0, 0.1) is 5.41 Å². The molecule has 0 aliphatic rings. The minimum absolute atomic E-state index is 0. The first-order chi connectivity index (χ1) is 2.27. The number of rotatable bonds is 1. The summed E-state index contributed by atoms with van der Waals surface area (Å²) in [6, 6.07) is 0. The molecule has 0 aromatic heterocycles. The van der Waals surface area contributed by atoms with Crippen molar-refractivity contribution in [3.05, 3.63) is 0 Å². The van der Waals surface area contributed by atoms with Gasteiger partial charge < -0.3 is 16.7 Å². The normalized spacial score (nSPS) is 5.33. The van der Waals surface area contributed by atoms with Crippen LogP contribution in [0.2, 0.25) is 0 Å². The lowest BCUT2D eigenvalue weighted by atomic mass is 10.8. The van der Waals surface area contributed by atoms with Gasteiger partial charge in [0.2, 0.25) is 0 Å². The van der Waals surface area contributed by atoms with Crippen molar-refractivity contribution in [2.75, 3.05) is 0 Å². The third-order valence-electron chi connectivity index (χ3n) is 0.123. The van der Waals surface area contributed by atoms with Crippen LogP contribution in [0.5, 0.6) is 0 Å². The molecule has 0 amide bonds. The van der Waals surface area contributed by atoms with Crippen molar-refractivity contribution in [1.29, 1.82) is 5.41 Å². The lowest BCUT2D eigenvalue weighted by Gasteiger charge is -1.63. The molecule has 0 saturated heterocycles. The Balaban J connectivity index is 0. The molecule has 0 aromatic rings. The number of carbonyl (C=O) groups is 1. The molecule has 0 unspecified atom stereocenters. The zero-order chi connectivity index (χ0) is 4.28. The molecule has 5 N–H and O–H groups in total. The molecule has 0 saturated carbocycles. The fraction of sp³-hybridized carbons (Fsp3) is 0. The highest BCUT2D eigenvalue weighted by atomic mass is 16.4. The highest BCUT2D eigenvalue weighted by Gasteiger charge is 1.76. The van der Waals surface area contributed by atoms with Crippen molar-refractivity contribution in [2.24, 2.45) is 0 Å². The van der Waals surface area contributed by atoms with E-state index in [0.717, 1.165) is 0 Å². The van der Waals surface area contributed by atoms with Crippen LogP contribution in [0.1, 0.15) is 0 Å². The van der Waals surface area contributed by atoms with Gasteiger partial charge in [0, 0.05) is 0 Å². The standard InChI is InChI=1S/C2H3NO2.H3N/c3-1-2(4)5;/h1,3H,(H,4,5);1H3. The first-order valence-corrected chi connectivity index (χ1v) is 1.01. The van der Waals surface area contributed by atoms with Crippen molar-refractivity contribution < 1.29 is 9.90 Å². The van der Waals surface area contributed by atoms with Gasteiger partial charge in [-0.2, -0.15) is 0 Å². The number of aliphatic carboxylic acids is 1. The molecule has 0 bridgehead atoms. The summed E-state index contributed by atoms with van der Waals surface area (Å²) in [7, 11) is 0. The fourth-order valence-electron chi connectivity index (χ4n) is 0. The Kier molecular flexibility index (Phi) is 6.10. The van der Waals surface area contributed by atoms with Crippen LogP contribution in [0.15, 0.2) is 0 Å². The number of nitrogens with one attached hydrogen (secondary N) is 1. The van der Waals surface area contributed by atoms with E-state index in [1.807, 2.05) is 0 Å². The maximum Gasteiger partial charge on any atom is 0.346 e. The number of hydrogen-bond acceptors (Lipinski definition) is 3. The summed E-state index contributed by atoms with van der Waals surface area (Å²) in [5, 5.41) is 13.4. The van der Waals surface area contributed by atoms with Gasteiger partial charge in [-0.15, -0.1) is 0 Å². The average Bonchev–Trinajstić information content (AvgIpc) is 1.38. The van der Waals surface area contributed by atoms with E-state index in [-0.39, 0.29) is 6.15 Å². The molecule has 36 valence electrons. The highest BCUT2D eigenvalue weighted by Crippen LogP contribution is 1.40. The Hall–Kier alpha value is -0.900. The summed E-state index contributed by atoms with van der Waals surface area (Å²) >= 11 is 0. The molecule has 0 fully saturated rings. The third-order valence-corrected chi connectivity index (χ3v) is 0.123. The predicted molar refractivity (Wildman–Crippen MR) is 21.4 cm³/mol. The number of hydrogen-bond donors (Lipinski definition) is 3. The van der Waals surface area contributed by atoms with Gasteiger partial charge in [-0.05, 0) is 0 Å². The van der Waals surface area contributed by atoms with E-state index in [2.05, 4.69) is 0 Å². The van der Waals surface area contributed by atoms with E-state index in [1.54, 1.807) is 0 Å². The first kappa shape index (κ1) is 8.92. The van der Waals surface area contributed by atoms with E-state index in [1.165, 1.54) is 0 Å². The summed E-state index contributed by atoms with van der Waals surface area (Å²) in [6.07, 6.45) is 0.333. The second kappa shape index (κ2) is 4.10. The van der Waals surface area contributed by atoms with Gasteiger partial charge in [0.15, 0.2) is 0 Å². The van der Waals surface area contributed by atoms with Gasteiger partial charge in [0.25, 0.3) is 0 Å². The lowest BCUT2D eigenvalue weighted by Crippen LogP contribution is -1.91. The molecule has 0 aliphatic carbocycles. The van der Waals surface area contributed by atoms with Gasteiger partial charge in [-0.25, -0.2) is 4.79 Å². The van der Waals surface area contributed by atoms with Crippen LogP contribution >= 0.6 is 0 Å². The van der Waals surface area contributed by atoms with E-state index in [4.69, 9.17) is 15.3 Å². The molecule has 0 atom stereocenters. The van der Waals surface area contributed by atoms with Gasteiger partial charge in [-0.3, -0.25) is 0 Å². The summed E-state index contributed by atoms with van der Waals surface area (Å²) in [6.45, 7) is 0. The first-order valence-electron chi connectivity index (χ1n) is 1.01. The van der Waals surface area contributed by atoms with Crippen molar-refractivity contribution in [3.63, 3.8) is 0 Å². The molecule has 0 heterocycles. The summed E-state index contributed by atoms with van der Waals surface area (Å²) in [4.78, 5) is 9.12. The Labute approximate surface area is 34.9 Å². The minimum atomic E-state index is -1.20. The van der Waals surface area contributed by atoms with E-state index in [0.29, 0.717) is 6.21 Å². The Morgan fingerprint density at radius 3 is 2.00 bits per heavy atom. The fourth-order valence-corrected chi connectivity index (χ4v) is 0. The van der Waals surface area contributed by atoms with E-state index >= 15 is 0 Å². The second-order valence-electron chi connectivity index (χ2n) is 0.483. The molecule has 0 aromatic carbocycles. The largest absolute Gasteiger partial charge is 0.477 e. The topological polar surface area (TPSA) is 96.2 Å². The molecule has 4 nitrogen and oxygen atoms in total. The molecule has 0 spiro atoms. The zero-order valence-electron chi connectivity index (χ0n) is 3.14. The smallest absolute Gasteiger partial charge is 0.346 e. The van der Waals surface area contributed by atoms with Crippen LogP contribution in [0.25, 0.3) is 0 Å². The quantitative estimate of drug-likeness (QED) is 0.391. The maximum atomic E-state index is 9.12. The van der Waals surface area contributed by atoms with Gasteiger partial charge >= 0.3 is 5.97 Å². The molecule has 4 heteroatoms. The van der Waals surface area contributed by atoms with Crippen molar-refractivity contribution in [3.8, 4) is 0 Å². The number of carboxylic acids is 1. The number of carboxylic acid groups (broad SMARTS) is 1. The van der Waals surface area contributed by atoms with Gasteiger partial charge in [-0.1, -0.05) is 0 Å². The van der Waals surface area contributed by atoms with Crippen LogP contribution in [0.4, 0.5) is 0 Å². The minimum Gasteiger partial charge on any atom is -0.477 e. The van der Waals surface area contributed by atoms with Gasteiger partial charge in [0.1, 0.15) is 6.21 Å². The van der Waals surface area contributed by atoms with E-state index < -0.39 is 5.97 Å². The zero-order valence-corrected chi connectivity index (χ0v) is 3.14. The van der Waals surface area contributed by atoms with Crippen molar-refractivity contribution in [1.82, 2.24) is 6.15 Å². The average molecular weight is 90.1 g/mol. The van der Waals surface area contributed by atoms with Gasteiger partial charge in [0.05, 0.1) is 0 Å². The molecular formula is C2H6N2O2. The Bertz CT molecular complexity index is 60.6. The predicted octanol–water partition coefficient (Wildman–Crippen LogP) is -0.117. The highest BCUT2D eigenvalue weighted by molar-refractivity contribution is 6.20. The summed E-state index contributed by atoms with van der Waals surface area (Å²) < 4.78 is 0. The summed E-state index contributed by atoms with van der Waals surface area (Å²) in [5.74, 6) is -1.20. The lowest BCUT2D eigenvalue weighted by molar-refractivity contribution is -0.128. The second-order valence-corrected chi connectivity index (χ2v) is 0.483. The molecule has 0 aliphatic heterocycles. The van der Waals surface area contributed by atoms with Crippen LogP contribution in [-0.2, 0) is 4.79 Å². The van der Waals surface area contributed by atoms with Crippen LogP contribution < -0.4 is 6.15 Å². The molecule has 6 heavy (non-hydrogen) atoms. The van der Waals surface area contributed by atoms with Crippen molar-refractivity contribution >= 4 is 12.2 Å².